The highest BCUT2D eigenvalue weighted by Gasteiger charge is 2.38. The molecule has 1 rings (SSSR count). The molecule has 1 aromatic rings. The Balaban J connectivity index is 3.00. The molecule has 0 amide bonds. The minimum atomic E-state index is -4.70. The van der Waals surface area contributed by atoms with Crippen molar-refractivity contribution in [2.75, 3.05) is 0 Å². The van der Waals surface area contributed by atoms with Crippen LogP contribution in [0, 0.1) is 0 Å². The average molecular weight is 260 g/mol. The number of oxime groups is 1. The zero-order valence-electron chi connectivity index (χ0n) is 5.71. The fourth-order valence-electron chi connectivity index (χ4n) is 0.467. The highest BCUT2D eigenvalue weighted by Crippen LogP contribution is 2.27. The summed E-state index contributed by atoms with van der Waals surface area (Å²) < 4.78 is 39.1. The molecule has 13 heavy (non-hydrogen) atoms. The van der Waals surface area contributed by atoms with Crippen LogP contribution in [0.4, 0.5) is 13.2 Å². The molecule has 72 valence electrons. The van der Waals surface area contributed by atoms with Crippen LogP contribution < -0.4 is 0 Å². The van der Waals surface area contributed by atoms with Crippen molar-refractivity contribution in [2.24, 2.45) is 5.16 Å². The maximum absolute atomic E-state index is 11.9. The van der Waals surface area contributed by atoms with Crippen molar-refractivity contribution in [3.63, 3.8) is 0 Å². The van der Waals surface area contributed by atoms with Gasteiger partial charge in [0.05, 0.1) is 0 Å². The van der Waals surface area contributed by atoms with Crippen molar-refractivity contribution in [1.82, 2.24) is 10.1 Å². The van der Waals surface area contributed by atoms with Crippen molar-refractivity contribution < 1.29 is 22.9 Å². The first-order chi connectivity index (χ1) is 5.95. The molecule has 1 N–H and O–H groups in total. The molecule has 0 aromatic carbocycles. The standard InChI is InChI=1S/C4HBrF3N3O2/c5-1(10-12)2-9-3(13-11-2)4(6,7)8/h12H. The Bertz CT molecular complexity index is 334. The summed E-state index contributed by atoms with van der Waals surface area (Å²) >= 11 is 2.61. The van der Waals surface area contributed by atoms with Gasteiger partial charge in [0.15, 0.2) is 4.62 Å². The van der Waals surface area contributed by atoms with Crippen LogP contribution in [-0.4, -0.2) is 20.0 Å². The molecular weight excluding hydrogens is 259 g/mol. The minimum absolute atomic E-state index is 0.341. The van der Waals surface area contributed by atoms with Gasteiger partial charge in [-0.3, -0.25) is 0 Å². The first-order valence-corrected chi connectivity index (χ1v) is 3.53. The second-order valence-corrected chi connectivity index (χ2v) is 2.56. The molecule has 0 aliphatic rings. The molecule has 0 atom stereocenters. The maximum Gasteiger partial charge on any atom is 0.471 e. The van der Waals surface area contributed by atoms with E-state index in [0.29, 0.717) is 0 Å². The number of rotatable bonds is 1. The Kier molecular flexibility index (Phi) is 2.55. The molecule has 0 unspecified atom stereocenters. The van der Waals surface area contributed by atoms with Crippen LogP contribution in [-0.2, 0) is 6.18 Å². The first-order valence-electron chi connectivity index (χ1n) is 2.74. The zero-order valence-corrected chi connectivity index (χ0v) is 7.29. The third kappa shape index (κ3) is 2.17. The first kappa shape index (κ1) is 9.96. The van der Waals surface area contributed by atoms with E-state index in [2.05, 4.69) is 35.7 Å². The lowest BCUT2D eigenvalue weighted by atomic mass is 10.6. The fourth-order valence-corrected chi connectivity index (χ4v) is 0.628. The predicted molar refractivity (Wildman–Crippen MR) is 36.6 cm³/mol. The summed E-state index contributed by atoms with van der Waals surface area (Å²) in [6.45, 7) is 0. The molecule has 5 nitrogen and oxygen atoms in total. The summed E-state index contributed by atoms with van der Waals surface area (Å²) in [6, 6.07) is 0. The summed E-state index contributed by atoms with van der Waals surface area (Å²) in [6.07, 6.45) is -4.70. The van der Waals surface area contributed by atoms with Crippen LogP contribution in [0.5, 0.6) is 0 Å². The molecule has 1 heterocycles. The summed E-state index contributed by atoms with van der Waals surface area (Å²) in [5.74, 6) is -1.97. The molecule has 9 heteroatoms. The minimum Gasteiger partial charge on any atom is -0.410 e. The van der Waals surface area contributed by atoms with Gasteiger partial charge >= 0.3 is 12.1 Å². The van der Waals surface area contributed by atoms with E-state index in [0.717, 1.165) is 0 Å². The number of hydrogen-bond acceptors (Lipinski definition) is 5. The smallest absolute Gasteiger partial charge is 0.410 e. The van der Waals surface area contributed by atoms with Gasteiger partial charge in [-0.25, -0.2) is 0 Å². The SMILES string of the molecule is ON=C(Br)c1noc(C(F)(F)F)n1. The molecule has 0 aliphatic carbocycles. The van der Waals surface area contributed by atoms with E-state index in [1.807, 2.05) is 0 Å². The number of hydrogen-bond donors (Lipinski definition) is 1. The number of nitrogens with zero attached hydrogens (tertiary/aromatic N) is 3. The third-order valence-electron chi connectivity index (χ3n) is 0.941. The molecule has 1 aromatic heterocycles. The fraction of sp³-hybridized carbons (Fsp3) is 0.250. The predicted octanol–water partition coefficient (Wildman–Crippen LogP) is 1.62. The van der Waals surface area contributed by atoms with Gasteiger partial charge < -0.3 is 9.73 Å². The lowest BCUT2D eigenvalue weighted by Gasteiger charge is -1.95. The van der Waals surface area contributed by atoms with Crippen molar-refractivity contribution in [3.8, 4) is 0 Å². The van der Waals surface area contributed by atoms with Crippen molar-refractivity contribution in [1.29, 1.82) is 0 Å². The van der Waals surface area contributed by atoms with Gasteiger partial charge in [0.1, 0.15) is 0 Å². The second-order valence-electron chi connectivity index (χ2n) is 1.81. The third-order valence-corrected chi connectivity index (χ3v) is 1.45. The highest BCUT2D eigenvalue weighted by atomic mass is 79.9. The van der Waals surface area contributed by atoms with Gasteiger partial charge in [-0.2, -0.15) is 18.2 Å². The number of halogens is 4. The molecular formula is C4HBrF3N3O2. The molecule has 0 spiro atoms. The largest absolute Gasteiger partial charge is 0.471 e. The van der Waals surface area contributed by atoms with Crippen molar-refractivity contribution in [3.05, 3.63) is 11.7 Å². The van der Waals surface area contributed by atoms with Crippen molar-refractivity contribution >= 4 is 20.6 Å². The zero-order chi connectivity index (χ0) is 10.1. The van der Waals surface area contributed by atoms with E-state index >= 15 is 0 Å². The topological polar surface area (TPSA) is 71.5 Å². The van der Waals surface area contributed by atoms with Gasteiger partial charge in [0.2, 0.25) is 5.82 Å². The maximum atomic E-state index is 11.9. The Hall–Kier alpha value is -1.12. The summed E-state index contributed by atoms with van der Waals surface area (Å²) in [5.41, 5.74) is 0. The quantitative estimate of drug-likeness (QED) is 0.473. The number of aromatic nitrogens is 2. The lowest BCUT2D eigenvalue weighted by Crippen LogP contribution is -2.05. The summed E-state index contributed by atoms with van der Waals surface area (Å²) in [4.78, 5) is 2.91. The lowest BCUT2D eigenvalue weighted by molar-refractivity contribution is -0.159. The molecule has 0 saturated heterocycles. The van der Waals surface area contributed by atoms with E-state index < -0.39 is 17.9 Å². The average Bonchev–Trinajstić information content (AvgIpc) is 2.50. The molecule has 0 bridgehead atoms. The van der Waals surface area contributed by atoms with Crippen molar-refractivity contribution in [2.45, 2.75) is 6.18 Å². The Morgan fingerprint density at radius 2 is 2.15 bits per heavy atom. The highest BCUT2D eigenvalue weighted by molar-refractivity contribution is 9.18. The van der Waals surface area contributed by atoms with Crippen LogP contribution in [0.3, 0.4) is 0 Å². The van der Waals surface area contributed by atoms with Crippen LogP contribution in [0.1, 0.15) is 11.7 Å². The number of alkyl halides is 3. The molecule has 0 fully saturated rings. The Morgan fingerprint density at radius 3 is 2.54 bits per heavy atom. The Labute approximate surface area is 77.4 Å². The van der Waals surface area contributed by atoms with Gasteiger partial charge in [0.25, 0.3) is 0 Å². The van der Waals surface area contributed by atoms with Gasteiger partial charge in [-0.05, 0) is 15.9 Å². The van der Waals surface area contributed by atoms with E-state index in [1.165, 1.54) is 0 Å². The molecule has 0 radical (unpaired) electrons. The summed E-state index contributed by atoms with van der Waals surface area (Å²) in [7, 11) is 0. The van der Waals surface area contributed by atoms with Crippen LogP contribution in [0.15, 0.2) is 9.68 Å². The normalized spacial score (nSPS) is 13.4. The van der Waals surface area contributed by atoms with Gasteiger partial charge in [-0.1, -0.05) is 10.3 Å². The van der Waals surface area contributed by atoms with Crippen LogP contribution in [0.2, 0.25) is 0 Å². The second kappa shape index (κ2) is 3.32. The van der Waals surface area contributed by atoms with Gasteiger partial charge in [-0.15, -0.1) is 0 Å². The molecule has 0 saturated carbocycles. The van der Waals surface area contributed by atoms with E-state index in [9.17, 15) is 13.2 Å². The van der Waals surface area contributed by atoms with Gasteiger partial charge in [0, 0.05) is 0 Å². The molecule has 0 aliphatic heterocycles. The van der Waals surface area contributed by atoms with Crippen LogP contribution in [0.25, 0.3) is 0 Å². The van der Waals surface area contributed by atoms with E-state index in [-0.39, 0.29) is 4.62 Å². The Morgan fingerprint density at radius 1 is 1.54 bits per heavy atom. The monoisotopic (exact) mass is 259 g/mol. The van der Waals surface area contributed by atoms with Crippen LogP contribution >= 0.6 is 15.9 Å². The van der Waals surface area contributed by atoms with E-state index in [1.54, 1.807) is 0 Å². The van der Waals surface area contributed by atoms with E-state index in [4.69, 9.17) is 5.21 Å². The summed E-state index contributed by atoms with van der Waals surface area (Å²) in [5, 5.41) is 13.6.